The number of hydrogen-bond donors (Lipinski definition) is 1. The van der Waals surface area contributed by atoms with Crippen LogP contribution < -0.4 is 5.73 Å². The van der Waals surface area contributed by atoms with Crippen LogP contribution in [0.5, 0.6) is 0 Å². The molecule has 1 atom stereocenters. The first-order valence-electron chi connectivity index (χ1n) is 5.86. The molecule has 0 aromatic heterocycles. The fourth-order valence-corrected chi connectivity index (χ4v) is 2.21. The lowest BCUT2D eigenvalue weighted by atomic mass is 10.1. The standard InChI is InChI=1S/C13H18N2O.ClH/c1-2-10-7-8-15(9-10)13(16)11-5-3-4-6-12(11)14;/h3-6,10H,2,7-9,14H2,1H3;1H. The molecular formula is C13H19ClN2O. The minimum absolute atomic E-state index is 0. The number of halogens is 1. The molecule has 1 amide bonds. The summed E-state index contributed by atoms with van der Waals surface area (Å²) in [4.78, 5) is 14.1. The molecule has 0 saturated carbocycles. The normalized spacial score (nSPS) is 18.9. The molecule has 1 aliphatic rings. The first kappa shape index (κ1) is 13.8. The number of nitrogens with zero attached hydrogens (tertiary/aromatic N) is 1. The molecule has 0 radical (unpaired) electrons. The summed E-state index contributed by atoms with van der Waals surface area (Å²) < 4.78 is 0. The van der Waals surface area contributed by atoms with E-state index in [9.17, 15) is 4.79 Å². The van der Waals surface area contributed by atoms with E-state index in [1.165, 1.54) is 0 Å². The third kappa shape index (κ3) is 2.91. The summed E-state index contributed by atoms with van der Waals surface area (Å²) in [6.07, 6.45) is 2.27. The highest BCUT2D eigenvalue weighted by Gasteiger charge is 2.26. The summed E-state index contributed by atoms with van der Waals surface area (Å²) in [6.45, 7) is 3.92. The van der Waals surface area contributed by atoms with Gasteiger partial charge in [0, 0.05) is 18.8 Å². The van der Waals surface area contributed by atoms with Gasteiger partial charge in [-0.1, -0.05) is 25.5 Å². The average molecular weight is 255 g/mol. The fraction of sp³-hybridized carbons (Fsp3) is 0.462. The number of amides is 1. The lowest BCUT2D eigenvalue weighted by molar-refractivity contribution is 0.0788. The van der Waals surface area contributed by atoms with Crippen LogP contribution in [0.4, 0.5) is 5.69 Å². The maximum absolute atomic E-state index is 12.2. The number of nitrogens with two attached hydrogens (primary N) is 1. The minimum Gasteiger partial charge on any atom is -0.398 e. The predicted molar refractivity (Wildman–Crippen MR) is 72.4 cm³/mol. The molecule has 1 aromatic rings. The Morgan fingerprint density at radius 2 is 2.18 bits per heavy atom. The first-order valence-corrected chi connectivity index (χ1v) is 5.86. The minimum atomic E-state index is 0. The third-order valence-electron chi connectivity index (χ3n) is 3.34. The summed E-state index contributed by atoms with van der Waals surface area (Å²) in [6, 6.07) is 7.29. The monoisotopic (exact) mass is 254 g/mol. The highest BCUT2D eigenvalue weighted by molar-refractivity contribution is 5.99. The maximum atomic E-state index is 12.2. The summed E-state index contributed by atoms with van der Waals surface area (Å²) in [5.74, 6) is 0.739. The Morgan fingerprint density at radius 1 is 1.47 bits per heavy atom. The van der Waals surface area contributed by atoms with E-state index in [4.69, 9.17) is 5.73 Å². The van der Waals surface area contributed by atoms with Gasteiger partial charge in [-0.3, -0.25) is 4.79 Å². The van der Waals surface area contributed by atoms with E-state index in [-0.39, 0.29) is 18.3 Å². The van der Waals surface area contributed by atoms with E-state index in [1.54, 1.807) is 12.1 Å². The molecule has 0 spiro atoms. The Kier molecular flexibility index (Phi) is 4.82. The van der Waals surface area contributed by atoms with Gasteiger partial charge in [0.15, 0.2) is 0 Å². The maximum Gasteiger partial charge on any atom is 0.255 e. The quantitative estimate of drug-likeness (QED) is 0.825. The largest absolute Gasteiger partial charge is 0.398 e. The van der Waals surface area contributed by atoms with E-state index in [0.29, 0.717) is 17.2 Å². The van der Waals surface area contributed by atoms with Gasteiger partial charge in [-0.15, -0.1) is 12.4 Å². The molecule has 1 unspecified atom stereocenters. The average Bonchev–Trinajstić information content (AvgIpc) is 2.77. The van der Waals surface area contributed by atoms with Gasteiger partial charge in [-0.25, -0.2) is 0 Å². The molecule has 17 heavy (non-hydrogen) atoms. The van der Waals surface area contributed by atoms with Gasteiger partial charge in [0.1, 0.15) is 0 Å². The van der Waals surface area contributed by atoms with Crippen molar-refractivity contribution in [2.24, 2.45) is 5.92 Å². The van der Waals surface area contributed by atoms with Crippen molar-refractivity contribution >= 4 is 24.0 Å². The second-order valence-electron chi connectivity index (χ2n) is 4.40. The molecule has 3 nitrogen and oxygen atoms in total. The van der Waals surface area contributed by atoms with Crippen LogP contribution in [0.3, 0.4) is 0 Å². The van der Waals surface area contributed by atoms with Gasteiger partial charge in [0.05, 0.1) is 5.56 Å². The number of carbonyl (C=O) groups is 1. The van der Waals surface area contributed by atoms with Gasteiger partial charge in [-0.05, 0) is 24.5 Å². The number of hydrogen-bond acceptors (Lipinski definition) is 2. The number of benzene rings is 1. The lowest BCUT2D eigenvalue weighted by Gasteiger charge is -2.17. The second kappa shape index (κ2) is 5.92. The molecule has 1 saturated heterocycles. The summed E-state index contributed by atoms with van der Waals surface area (Å²) >= 11 is 0. The topological polar surface area (TPSA) is 46.3 Å². The van der Waals surface area contributed by atoms with Crippen molar-refractivity contribution in [2.75, 3.05) is 18.8 Å². The fourth-order valence-electron chi connectivity index (χ4n) is 2.21. The number of anilines is 1. The molecule has 1 aliphatic heterocycles. The van der Waals surface area contributed by atoms with Gasteiger partial charge >= 0.3 is 0 Å². The van der Waals surface area contributed by atoms with Gasteiger partial charge in [-0.2, -0.15) is 0 Å². The zero-order valence-corrected chi connectivity index (χ0v) is 10.9. The van der Waals surface area contributed by atoms with Crippen LogP contribution in [0.25, 0.3) is 0 Å². The first-order chi connectivity index (χ1) is 7.72. The zero-order valence-electron chi connectivity index (χ0n) is 10.1. The zero-order chi connectivity index (χ0) is 11.5. The van der Waals surface area contributed by atoms with Crippen molar-refractivity contribution in [3.63, 3.8) is 0 Å². The van der Waals surface area contributed by atoms with Gasteiger partial charge in [0.2, 0.25) is 0 Å². The van der Waals surface area contributed by atoms with Gasteiger partial charge in [0.25, 0.3) is 5.91 Å². The molecule has 1 heterocycles. The van der Waals surface area contributed by atoms with Crippen LogP contribution in [0.2, 0.25) is 0 Å². The van der Waals surface area contributed by atoms with E-state index >= 15 is 0 Å². The highest BCUT2D eigenvalue weighted by Crippen LogP contribution is 2.22. The summed E-state index contributed by atoms with van der Waals surface area (Å²) in [7, 11) is 0. The Hall–Kier alpha value is -1.22. The van der Waals surface area contributed by atoms with Crippen molar-refractivity contribution < 1.29 is 4.79 Å². The predicted octanol–water partition coefficient (Wildman–Crippen LogP) is 2.56. The molecule has 2 rings (SSSR count). The third-order valence-corrected chi connectivity index (χ3v) is 3.34. The van der Waals surface area contributed by atoms with E-state index < -0.39 is 0 Å². The van der Waals surface area contributed by atoms with Crippen LogP contribution in [0.15, 0.2) is 24.3 Å². The molecule has 1 fully saturated rings. The lowest BCUT2D eigenvalue weighted by Crippen LogP contribution is -2.29. The molecule has 0 aliphatic carbocycles. The Labute approximate surface area is 108 Å². The molecule has 1 aromatic carbocycles. The van der Waals surface area contributed by atoms with Crippen LogP contribution in [0.1, 0.15) is 30.1 Å². The Morgan fingerprint density at radius 3 is 2.76 bits per heavy atom. The summed E-state index contributed by atoms with van der Waals surface area (Å²) in [5, 5.41) is 0. The molecule has 0 bridgehead atoms. The number of rotatable bonds is 2. The van der Waals surface area contributed by atoms with Crippen LogP contribution in [-0.2, 0) is 0 Å². The molecule has 4 heteroatoms. The summed E-state index contributed by atoms with van der Waals surface area (Å²) in [5.41, 5.74) is 7.02. The number of para-hydroxylation sites is 1. The highest BCUT2D eigenvalue weighted by atomic mass is 35.5. The van der Waals surface area contributed by atoms with Crippen molar-refractivity contribution in [3.8, 4) is 0 Å². The van der Waals surface area contributed by atoms with Crippen LogP contribution >= 0.6 is 12.4 Å². The molecule has 2 N–H and O–H groups in total. The van der Waals surface area contributed by atoms with Crippen LogP contribution in [-0.4, -0.2) is 23.9 Å². The van der Waals surface area contributed by atoms with E-state index in [2.05, 4.69) is 6.92 Å². The van der Waals surface area contributed by atoms with E-state index in [0.717, 1.165) is 25.9 Å². The van der Waals surface area contributed by atoms with Crippen molar-refractivity contribution in [3.05, 3.63) is 29.8 Å². The Balaban J connectivity index is 0.00000144. The van der Waals surface area contributed by atoms with Gasteiger partial charge < -0.3 is 10.6 Å². The second-order valence-corrected chi connectivity index (χ2v) is 4.40. The Bertz CT molecular complexity index is 395. The number of nitrogen functional groups attached to an aromatic ring is 1. The number of likely N-dealkylation sites (tertiary alicyclic amines) is 1. The van der Waals surface area contributed by atoms with Crippen LogP contribution in [0, 0.1) is 5.92 Å². The molecular weight excluding hydrogens is 236 g/mol. The number of carbonyl (C=O) groups excluding carboxylic acids is 1. The SMILES string of the molecule is CCC1CCN(C(=O)c2ccccc2N)C1.Cl. The van der Waals surface area contributed by atoms with E-state index in [1.807, 2.05) is 17.0 Å². The van der Waals surface area contributed by atoms with Crippen molar-refractivity contribution in [2.45, 2.75) is 19.8 Å². The van der Waals surface area contributed by atoms with Crippen molar-refractivity contribution in [1.29, 1.82) is 0 Å². The van der Waals surface area contributed by atoms with Crippen molar-refractivity contribution in [1.82, 2.24) is 4.90 Å². The molecule has 94 valence electrons. The smallest absolute Gasteiger partial charge is 0.255 e.